The van der Waals surface area contributed by atoms with Crippen molar-refractivity contribution in [3.05, 3.63) is 23.8 Å². The Morgan fingerprint density at radius 3 is 1.89 bits per heavy atom. The fourth-order valence-electron chi connectivity index (χ4n) is 2.55. The molecule has 37 heavy (non-hydrogen) atoms. The molecule has 0 aliphatic heterocycles. The highest BCUT2D eigenvalue weighted by atomic mass is 16.8. The zero-order valence-electron chi connectivity index (χ0n) is 22.9. The van der Waals surface area contributed by atoms with Crippen LogP contribution in [0.1, 0.15) is 73.8 Å². The Bertz CT molecular complexity index is 957. The highest BCUT2D eigenvalue weighted by Crippen LogP contribution is 2.31. The lowest BCUT2D eigenvalue weighted by Crippen LogP contribution is -2.37. The first-order valence-electron chi connectivity index (χ1n) is 12.1. The summed E-state index contributed by atoms with van der Waals surface area (Å²) in [6, 6.07) is 3.28. The van der Waals surface area contributed by atoms with Gasteiger partial charge in [0.05, 0.1) is 0 Å². The van der Waals surface area contributed by atoms with E-state index in [2.05, 4.69) is 0 Å². The lowest BCUT2D eigenvalue weighted by Gasteiger charge is -2.24. The van der Waals surface area contributed by atoms with Crippen LogP contribution in [0.4, 0.5) is 9.59 Å². The fourth-order valence-corrected chi connectivity index (χ4v) is 2.55. The molecule has 0 aromatic heterocycles. The molecule has 0 fully saturated rings. The van der Waals surface area contributed by atoms with Crippen molar-refractivity contribution in [2.24, 2.45) is 5.73 Å². The molecule has 11 nitrogen and oxygen atoms in total. The van der Waals surface area contributed by atoms with Gasteiger partial charge in [-0.05, 0) is 71.6 Å². The van der Waals surface area contributed by atoms with Gasteiger partial charge in [-0.25, -0.2) is 9.59 Å². The average Bonchev–Trinajstić information content (AvgIpc) is 2.78. The molecule has 2 N–H and O–H groups in total. The van der Waals surface area contributed by atoms with Gasteiger partial charge >= 0.3 is 24.2 Å². The summed E-state index contributed by atoms with van der Waals surface area (Å²) in [6.07, 6.45) is -1.56. The topological polar surface area (TPSA) is 150 Å². The van der Waals surface area contributed by atoms with Crippen LogP contribution in [0.15, 0.2) is 18.2 Å². The van der Waals surface area contributed by atoms with Gasteiger partial charge in [0, 0.05) is 6.92 Å². The molecular weight excluding hydrogens is 486 g/mol. The molecule has 11 heteroatoms. The Hall–Kier alpha value is -3.34. The molecular formula is C26H39NO10. The van der Waals surface area contributed by atoms with E-state index in [1.807, 2.05) is 13.8 Å². The minimum atomic E-state index is -1.07. The van der Waals surface area contributed by atoms with Gasteiger partial charge < -0.3 is 34.2 Å². The second-order valence-corrected chi connectivity index (χ2v) is 9.78. The molecule has 0 amide bonds. The summed E-state index contributed by atoms with van der Waals surface area (Å²) in [6.45, 7) is 13.3. The van der Waals surface area contributed by atoms with Gasteiger partial charge in [-0.15, -0.1) is 0 Å². The zero-order chi connectivity index (χ0) is 28.4. The third-order valence-electron chi connectivity index (χ3n) is 5.41. The Morgan fingerprint density at radius 2 is 1.41 bits per heavy atom. The van der Waals surface area contributed by atoms with Crippen molar-refractivity contribution in [2.45, 2.75) is 98.0 Å². The van der Waals surface area contributed by atoms with Crippen LogP contribution in [0.25, 0.3) is 0 Å². The normalized spacial score (nSPS) is 13.1. The van der Waals surface area contributed by atoms with Crippen molar-refractivity contribution >= 4 is 24.2 Å². The van der Waals surface area contributed by atoms with Gasteiger partial charge in [-0.2, -0.15) is 0 Å². The lowest BCUT2D eigenvalue weighted by molar-refractivity contribution is -0.157. The quantitative estimate of drug-likeness (QED) is 0.234. The highest BCUT2D eigenvalue weighted by molar-refractivity contribution is 5.76. The monoisotopic (exact) mass is 525 g/mol. The second kappa shape index (κ2) is 13.8. The Balaban J connectivity index is 3.06. The fraction of sp³-hybridized carbons (Fsp3) is 0.615. The molecule has 0 saturated carbocycles. The van der Waals surface area contributed by atoms with Gasteiger partial charge in [0.15, 0.2) is 11.5 Å². The first kappa shape index (κ1) is 31.7. The van der Waals surface area contributed by atoms with Crippen LogP contribution in [0.5, 0.6) is 11.5 Å². The molecule has 0 bridgehead atoms. The van der Waals surface area contributed by atoms with Crippen LogP contribution in [0, 0.1) is 0 Å². The van der Waals surface area contributed by atoms with E-state index in [4.69, 9.17) is 34.2 Å². The van der Waals surface area contributed by atoms with E-state index in [1.165, 1.54) is 19.1 Å². The van der Waals surface area contributed by atoms with Crippen LogP contribution in [-0.2, 0) is 35.0 Å². The minimum Gasteiger partial charge on any atom is -0.462 e. The molecule has 0 aliphatic rings. The molecule has 2 atom stereocenters. The Morgan fingerprint density at radius 1 is 0.892 bits per heavy atom. The minimum absolute atomic E-state index is 0.0125. The molecule has 0 unspecified atom stereocenters. The molecule has 1 aromatic carbocycles. The van der Waals surface area contributed by atoms with E-state index in [0.717, 1.165) is 0 Å². The van der Waals surface area contributed by atoms with E-state index < -0.39 is 47.6 Å². The van der Waals surface area contributed by atoms with Crippen molar-refractivity contribution in [3.63, 3.8) is 0 Å². The van der Waals surface area contributed by atoms with Crippen molar-refractivity contribution in [1.82, 2.24) is 0 Å². The number of hydrogen-bond acceptors (Lipinski definition) is 11. The maximum absolute atomic E-state index is 12.4. The first-order chi connectivity index (χ1) is 17.1. The molecule has 0 aliphatic carbocycles. The maximum Gasteiger partial charge on any atom is 0.514 e. The van der Waals surface area contributed by atoms with Crippen molar-refractivity contribution < 1.29 is 47.6 Å². The summed E-state index contributed by atoms with van der Waals surface area (Å²) in [7, 11) is 0. The summed E-state index contributed by atoms with van der Waals surface area (Å²) >= 11 is 0. The number of carbonyl (C=O) groups is 4. The van der Waals surface area contributed by atoms with E-state index in [-0.39, 0.29) is 24.5 Å². The predicted molar refractivity (Wildman–Crippen MR) is 133 cm³/mol. The number of carbonyl (C=O) groups excluding carboxylic acids is 4. The lowest BCUT2D eigenvalue weighted by atomic mass is 10.1. The smallest absolute Gasteiger partial charge is 0.462 e. The molecule has 0 spiro atoms. The summed E-state index contributed by atoms with van der Waals surface area (Å²) in [5.74, 6) is -1.41. The molecule has 0 saturated heterocycles. The van der Waals surface area contributed by atoms with E-state index in [0.29, 0.717) is 18.4 Å². The van der Waals surface area contributed by atoms with Gasteiger partial charge in [0.25, 0.3) is 0 Å². The Labute approximate surface area is 217 Å². The molecule has 208 valence electrons. The van der Waals surface area contributed by atoms with Crippen molar-refractivity contribution in [2.75, 3.05) is 6.61 Å². The summed E-state index contributed by atoms with van der Waals surface area (Å²) in [4.78, 5) is 48.0. The third-order valence-corrected chi connectivity index (χ3v) is 5.41. The number of benzene rings is 1. The second-order valence-electron chi connectivity index (χ2n) is 9.78. The number of rotatable bonds is 12. The maximum atomic E-state index is 12.4. The largest absolute Gasteiger partial charge is 0.514 e. The SMILES string of the molecule is CCC(C)(C)OC(=O)Oc1ccc(C[C@H](N)C(=O)O[C@@H](C)COC(C)=O)cc1OC(=O)OC(C)(C)CC. The van der Waals surface area contributed by atoms with E-state index >= 15 is 0 Å². The predicted octanol–water partition coefficient (Wildman–Crippen LogP) is 4.46. The van der Waals surface area contributed by atoms with Crippen LogP contribution < -0.4 is 15.2 Å². The van der Waals surface area contributed by atoms with Crippen LogP contribution in [0.2, 0.25) is 0 Å². The summed E-state index contributed by atoms with van der Waals surface area (Å²) in [5, 5.41) is 0. The number of ether oxygens (including phenoxy) is 6. The average molecular weight is 526 g/mol. The third kappa shape index (κ3) is 12.0. The van der Waals surface area contributed by atoms with E-state index in [9.17, 15) is 19.2 Å². The van der Waals surface area contributed by atoms with Crippen LogP contribution in [0.3, 0.4) is 0 Å². The van der Waals surface area contributed by atoms with Crippen molar-refractivity contribution in [3.8, 4) is 11.5 Å². The van der Waals surface area contributed by atoms with E-state index in [1.54, 1.807) is 40.7 Å². The van der Waals surface area contributed by atoms with Crippen LogP contribution >= 0.6 is 0 Å². The number of nitrogens with two attached hydrogens (primary N) is 1. The molecule has 1 aromatic rings. The standard InChI is InChI=1S/C26H39NO10/c1-9-25(5,6)36-23(30)34-20-12-11-18(14-21(20)35-24(31)37-26(7,8)10-2)13-19(27)22(29)33-16(3)15-32-17(4)28/h11-12,14,16,19H,9-10,13,15,27H2,1-8H3/t16-,19-/m0/s1. The summed E-state index contributed by atoms with van der Waals surface area (Å²) in [5.41, 5.74) is 4.93. The zero-order valence-corrected chi connectivity index (χ0v) is 22.9. The molecule has 0 heterocycles. The Kier molecular flexibility index (Phi) is 11.8. The first-order valence-corrected chi connectivity index (χ1v) is 12.1. The van der Waals surface area contributed by atoms with Gasteiger partial charge in [-0.3, -0.25) is 9.59 Å². The van der Waals surface area contributed by atoms with Crippen molar-refractivity contribution in [1.29, 1.82) is 0 Å². The number of esters is 2. The van der Waals surface area contributed by atoms with Gasteiger partial charge in [-0.1, -0.05) is 19.9 Å². The molecule has 0 radical (unpaired) electrons. The summed E-state index contributed by atoms with van der Waals surface area (Å²) < 4.78 is 31.3. The molecule has 1 rings (SSSR count). The van der Waals surface area contributed by atoms with Crippen LogP contribution in [-0.4, -0.2) is 54.2 Å². The van der Waals surface area contributed by atoms with Gasteiger partial charge in [0.1, 0.15) is 30.0 Å². The van der Waals surface area contributed by atoms with Gasteiger partial charge in [0.2, 0.25) is 0 Å². The number of hydrogen-bond donors (Lipinski definition) is 1. The highest BCUT2D eigenvalue weighted by Gasteiger charge is 2.26.